The van der Waals surface area contributed by atoms with Gasteiger partial charge in [-0.2, -0.15) is 4.98 Å². The van der Waals surface area contributed by atoms with Crippen LogP contribution in [-0.2, 0) is 4.79 Å². The highest BCUT2D eigenvalue weighted by atomic mass is 16.5. The molecule has 9 heteroatoms. The van der Waals surface area contributed by atoms with Crippen molar-refractivity contribution in [3.05, 3.63) is 30.5 Å². The number of carbonyl (C=O) groups is 1. The highest BCUT2D eigenvalue weighted by Crippen LogP contribution is 2.31. The Morgan fingerprint density at radius 3 is 2.66 bits per heavy atom. The minimum atomic E-state index is 0.160. The highest BCUT2D eigenvalue weighted by Gasteiger charge is 2.20. The lowest BCUT2D eigenvalue weighted by Crippen LogP contribution is -2.38. The van der Waals surface area contributed by atoms with E-state index in [0.29, 0.717) is 24.3 Å². The van der Waals surface area contributed by atoms with Crippen LogP contribution >= 0.6 is 0 Å². The molecule has 2 aliphatic rings. The first kappa shape index (κ1) is 25.0. The molecule has 0 radical (unpaired) electrons. The van der Waals surface area contributed by atoms with Crippen LogP contribution in [0.5, 0.6) is 11.5 Å². The summed E-state index contributed by atoms with van der Waals surface area (Å²) in [6, 6.07) is 7.66. The summed E-state index contributed by atoms with van der Waals surface area (Å²) in [4.78, 5) is 24.9. The number of rotatable bonds is 11. The van der Waals surface area contributed by atoms with E-state index in [-0.39, 0.29) is 5.91 Å². The summed E-state index contributed by atoms with van der Waals surface area (Å²) in [7, 11) is 1.66. The van der Waals surface area contributed by atoms with Gasteiger partial charge in [0.15, 0.2) is 11.5 Å². The van der Waals surface area contributed by atoms with Crippen LogP contribution in [0.2, 0.25) is 0 Å². The molecule has 2 fully saturated rings. The summed E-state index contributed by atoms with van der Waals surface area (Å²) in [5.41, 5.74) is 0.876. The number of benzene rings is 1. The minimum absolute atomic E-state index is 0.160. The first-order valence-electron chi connectivity index (χ1n) is 12.7. The van der Waals surface area contributed by atoms with E-state index < -0.39 is 0 Å². The number of carbonyl (C=O) groups excluding carboxylic acids is 1. The average molecular weight is 483 g/mol. The third-order valence-electron chi connectivity index (χ3n) is 6.78. The summed E-state index contributed by atoms with van der Waals surface area (Å²) < 4.78 is 11.5. The highest BCUT2D eigenvalue weighted by molar-refractivity contribution is 5.73. The maximum atomic E-state index is 11.5. The number of amides is 1. The maximum absolute atomic E-state index is 11.5. The van der Waals surface area contributed by atoms with Crippen molar-refractivity contribution >= 4 is 23.4 Å². The van der Waals surface area contributed by atoms with Crippen LogP contribution in [0.1, 0.15) is 39.0 Å². The lowest BCUT2D eigenvalue weighted by atomic mass is 9.97. The monoisotopic (exact) mass is 482 g/mol. The Hall–Kier alpha value is -3.07. The first-order valence-corrected chi connectivity index (χ1v) is 12.7. The summed E-state index contributed by atoms with van der Waals surface area (Å²) in [5.74, 6) is 3.42. The molecule has 2 aliphatic heterocycles. The largest absolute Gasteiger partial charge is 0.493 e. The Labute approximate surface area is 208 Å². The van der Waals surface area contributed by atoms with Crippen LogP contribution in [0.3, 0.4) is 0 Å². The predicted molar refractivity (Wildman–Crippen MR) is 138 cm³/mol. The van der Waals surface area contributed by atoms with Crippen LogP contribution in [-0.4, -0.2) is 78.7 Å². The number of piperidine rings is 1. The number of methoxy groups -OCH3 is 1. The van der Waals surface area contributed by atoms with Gasteiger partial charge in [0, 0.05) is 51.1 Å². The van der Waals surface area contributed by atoms with E-state index >= 15 is 0 Å². The van der Waals surface area contributed by atoms with Crippen LogP contribution < -0.4 is 20.1 Å². The first-order chi connectivity index (χ1) is 17.1. The van der Waals surface area contributed by atoms with Crippen molar-refractivity contribution < 1.29 is 14.3 Å². The van der Waals surface area contributed by atoms with Gasteiger partial charge in [-0.15, -0.1) is 0 Å². The molecule has 0 spiro atoms. The molecule has 1 amide bonds. The second-order valence-corrected chi connectivity index (χ2v) is 9.34. The molecule has 35 heavy (non-hydrogen) atoms. The number of nitrogens with one attached hydrogen (secondary N) is 2. The third kappa shape index (κ3) is 7.45. The van der Waals surface area contributed by atoms with Crippen LogP contribution in [0.4, 0.5) is 17.5 Å². The van der Waals surface area contributed by atoms with Crippen molar-refractivity contribution in [1.29, 1.82) is 0 Å². The zero-order chi connectivity index (χ0) is 24.5. The molecule has 0 bridgehead atoms. The van der Waals surface area contributed by atoms with Crippen molar-refractivity contribution in [3.63, 3.8) is 0 Å². The minimum Gasteiger partial charge on any atom is -0.493 e. The normalized spacial score (nSPS) is 16.8. The molecule has 2 aromatic rings. The quantitative estimate of drug-likeness (QED) is 0.468. The third-order valence-corrected chi connectivity index (χ3v) is 6.78. The number of aromatic nitrogens is 2. The van der Waals surface area contributed by atoms with Gasteiger partial charge in [0.25, 0.3) is 0 Å². The van der Waals surface area contributed by atoms with Crippen molar-refractivity contribution in [3.8, 4) is 11.5 Å². The molecule has 9 nitrogen and oxygen atoms in total. The second-order valence-electron chi connectivity index (χ2n) is 9.34. The van der Waals surface area contributed by atoms with Gasteiger partial charge >= 0.3 is 0 Å². The van der Waals surface area contributed by atoms with Crippen molar-refractivity contribution in [2.45, 2.75) is 39.0 Å². The van der Waals surface area contributed by atoms with Crippen molar-refractivity contribution in [1.82, 2.24) is 19.8 Å². The fourth-order valence-electron chi connectivity index (χ4n) is 4.69. The van der Waals surface area contributed by atoms with E-state index in [4.69, 9.17) is 9.47 Å². The number of hydrogen-bond donors (Lipinski definition) is 2. The number of nitrogens with zero attached hydrogens (tertiary/aromatic N) is 4. The molecule has 3 heterocycles. The molecule has 4 rings (SSSR count). The molecule has 2 saturated heterocycles. The predicted octanol–water partition coefficient (Wildman–Crippen LogP) is 3.76. The fraction of sp³-hybridized carbons (Fsp3) is 0.577. The van der Waals surface area contributed by atoms with Crippen molar-refractivity contribution in [2.24, 2.45) is 5.92 Å². The Bertz CT molecular complexity index is 958. The van der Waals surface area contributed by atoms with Gasteiger partial charge in [0.2, 0.25) is 11.9 Å². The van der Waals surface area contributed by atoms with Gasteiger partial charge in [0.05, 0.1) is 13.7 Å². The topological polar surface area (TPSA) is 91.9 Å². The van der Waals surface area contributed by atoms with E-state index in [1.54, 1.807) is 20.2 Å². The number of hydrogen-bond acceptors (Lipinski definition) is 8. The molecular formula is C26H38N6O3. The molecule has 0 atom stereocenters. The molecule has 2 N–H and O–H groups in total. The standard InChI is InChI=1S/C26H38N6O3/c1-20(33)32-15-9-21(10-16-32)19-28-26-27-11-8-25(30-26)29-22-6-7-23(34-2)24(18-22)35-17-5-14-31-12-3-4-13-31/h6-8,11,18,21H,3-5,9-10,12-17,19H2,1-2H3,(H2,27,28,29,30). The Kier molecular flexibility index (Phi) is 9.00. The summed E-state index contributed by atoms with van der Waals surface area (Å²) in [6.07, 6.45) is 7.35. The zero-order valence-electron chi connectivity index (χ0n) is 21.0. The van der Waals surface area contributed by atoms with E-state index in [2.05, 4.69) is 25.5 Å². The van der Waals surface area contributed by atoms with Gasteiger partial charge in [-0.1, -0.05) is 0 Å². The van der Waals surface area contributed by atoms with Gasteiger partial charge in [-0.05, 0) is 69.3 Å². The van der Waals surface area contributed by atoms with Crippen LogP contribution in [0.25, 0.3) is 0 Å². The SMILES string of the molecule is COc1ccc(Nc2ccnc(NCC3CCN(C(C)=O)CC3)n2)cc1OCCCN1CCCC1. The van der Waals surface area contributed by atoms with Gasteiger partial charge in [-0.25, -0.2) is 4.98 Å². The molecule has 1 aromatic carbocycles. The van der Waals surface area contributed by atoms with Crippen molar-refractivity contribution in [2.75, 3.05) is 63.6 Å². The summed E-state index contributed by atoms with van der Waals surface area (Å²) >= 11 is 0. The number of likely N-dealkylation sites (tertiary alicyclic amines) is 2. The van der Waals surface area contributed by atoms with E-state index in [9.17, 15) is 4.79 Å². The smallest absolute Gasteiger partial charge is 0.224 e. The van der Waals surface area contributed by atoms with Gasteiger partial charge < -0.3 is 29.9 Å². The van der Waals surface area contributed by atoms with E-state index in [0.717, 1.165) is 62.6 Å². The summed E-state index contributed by atoms with van der Waals surface area (Å²) in [5, 5.41) is 6.71. The fourth-order valence-corrected chi connectivity index (χ4v) is 4.69. The average Bonchev–Trinajstić information content (AvgIpc) is 3.40. The van der Waals surface area contributed by atoms with Gasteiger partial charge in [0.1, 0.15) is 5.82 Å². The molecular weight excluding hydrogens is 444 g/mol. The molecule has 0 aliphatic carbocycles. The second kappa shape index (κ2) is 12.6. The summed E-state index contributed by atoms with van der Waals surface area (Å²) in [6.45, 7) is 8.23. The number of anilines is 3. The molecule has 0 unspecified atom stereocenters. The molecule has 0 saturated carbocycles. The number of ether oxygens (including phenoxy) is 2. The Morgan fingerprint density at radius 2 is 1.91 bits per heavy atom. The van der Waals surface area contributed by atoms with E-state index in [1.807, 2.05) is 29.2 Å². The molecule has 1 aromatic heterocycles. The lowest BCUT2D eigenvalue weighted by Gasteiger charge is -2.31. The maximum Gasteiger partial charge on any atom is 0.224 e. The lowest BCUT2D eigenvalue weighted by molar-refractivity contribution is -0.130. The Balaban J connectivity index is 1.28. The van der Waals surface area contributed by atoms with Gasteiger partial charge in [-0.3, -0.25) is 4.79 Å². The Morgan fingerprint density at radius 1 is 1.11 bits per heavy atom. The van der Waals surface area contributed by atoms with E-state index in [1.165, 1.54) is 25.9 Å². The molecule has 190 valence electrons. The van der Waals surface area contributed by atoms with Crippen LogP contribution in [0, 0.1) is 5.92 Å². The van der Waals surface area contributed by atoms with Crippen LogP contribution in [0.15, 0.2) is 30.5 Å². The zero-order valence-corrected chi connectivity index (χ0v) is 21.0.